The highest BCUT2D eigenvalue weighted by atomic mass is 35.5. The molecule has 0 aliphatic rings. The van der Waals surface area contributed by atoms with Gasteiger partial charge < -0.3 is 9.90 Å². The molecular weight excluding hydrogens is 172 g/mol. The van der Waals surface area contributed by atoms with Crippen molar-refractivity contribution in [2.45, 2.75) is 6.42 Å². The molecule has 0 saturated heterocycles. The molecule has 0 aromatic carbocycles. The van der Waals surface area contributed by atoms with E-state index >= 15 is 0 Å². The summed E-state index contributed by atoms with van der Waals surface area (Å²) in [5.41, 5.74) is 0. The molecule has 1 aromatic heterocycles. The first-order valence-corrected chi connectivity index (χ1v) is 3.82. The molecule has 1 heterocycles. The predicted octanol–water partition coefficient (Wildman–Crippen LogP) is 0.694. The van der Waals surface area contributed by atoms with Gasteiger partial charge in [0.05, 0.1) is 4.34 Å². The third-order valence-corrected chi connectivity index (χ3v) is 2.18. The van der Waals surface area contributed by atoms with E-state index in [2.05, 4.69) is 0 Å². The molecule has 1 aromatic rings. The summed E-state index contributed by atoms with van der Waals surface area (Å²) in [5.74, 6) is -1.07. The maximum absolute atomic E-state index is 10.0. The molecule has 1 rings (SSSR count). The number of carboxylic acid groups (broad SMARTS) is 1. The number of aliphatic carboxylic acids is 1. The fourth-order valence-corrected chi connectivity index (χ4v) is 1.66. The highest BCUT2D eigenvalue weighted by Gasteiger charge is 1.96. The van der Waals surface area contributed by atoms with Crippen molar-refractivity contribution in [1.29, 1.82) is 0 Å². The summed E-state index contributed by atoms with van der Waals surface area (Å²) in [6, 6.07) is 3.35. The molecule has 0 saturated carbocycles. The molecule has 0 radical (unpaired) electrons. The third-order valence-electron chi connectivity index (χ3n) is 0.947. The number of carbonyl (C=O) groups excluding carboxylic acids is 1. The first-order chi connectivity index (χ1) is 4.68. The molecule has 0 aliphatic heterocycles. The number of rotatable bonds is 2. The average Bonchev–Trinajstić information content (AvgIpc) is 2.13. The monoisotopic (exact) mass is 175 g/mol. The second kappa shape index (κ2) is 3.03. The van der Waals surface area contributed by atoms with E-state index in [1.165, 1.54) is 11.3 Å². The Morgan fingerprint density at radius 2 is 2.40 bits per heavy atom. The molecule has 0 unspecified atom stereocenters. The third kappa shape index (κ3) is 2.01. The fourth-order valence-electron chi connectivity index (χ4n) is 0.589. The quantitative estimate of drug-likeness (QED) is 0.664. The van der Waals surface area contributed by atoms with Gasteiger partial charge in [0, 0.05) is 17.3 Å². The minimum Gasteiger partial charge on any atom is -0.550 e. The average molecular weight is 176 g/mol. The lowest BCUT2D eigenvalue weighted by Crippen LogP contribution is -2.23. The van der Waals surface area contributed by atoms with Crippen LogP contribution in [0.3, 0.4) is 0 Å². The molecule has 0 atom stereocenters. The van der Waals surface area contributed by atoms with Gasteiger partial charge in [-0.2, -0.15) is 0 Å². The van der Waals surface area contributed by atoms with Crippen LogP contribution in [0.4, 0.5) is 0 Å². The van der Waals surface area contributed by atoms with Crippen LogP contribution in [0.2, 0.25) is 4.34 Å². The SMILES string of the molecule is O=C([O-])Cc1ccc(Cl)s1. The zero-order valence-corrected chi connectivity index (χ0v) is 6.54. The molecule has 0 fully saturated rings. The van der Waals surface area contributed by atoms with Crippen LogP contribution in [-0.2, 0) is 11.2 Å². The zero-order valence-electron chi connectivity index (χ0n) is 4.96. The summed E-state index contributed by atoms with van der Waals surface area (Å²) in [6.07, 6.45) is -0.0443. The maximum atomic E-state index is 10.0. The smallest absolute Gasteiger partial charge is 0.0931 e. The Hall–Kier alpha value is -0.540. The van der Waals surface area contributed by atoms with Gasteiger partial charge in [0.2, 0.25) is 0 Å². The molecule has 0 spiro atoms. The minimum atomic E-state index is -1.07. The van der Waals surface area contributed by atoms with E-state index in [-0.39, 0.29) is 6.42 Å². The van der Waals surface area contributed by atoms with Crippen molar-refractivity contribution in [3.05, 3.63) is 21.3 Å². The molecular formula is C6H4ClO2S-. The summed E-state index contributed by atoms with van der Waals surface area (Å²) >= 11 is 6.81. The van der Waals surface area contributed by atoms with E-state index < -0.39 is 5.97 Å². The van der Waals surface area contributed by atoms with E-state index in [0.717, 1.165) is 4.88 Å². The van der Waals surface area contributed by atoms with Gasteiger partial charge in [0.1, 0.15) is 0 Å². The van der Waals surface area contributed by atoms with Gasteiger partial charge in [-0.05, 0) is 12.1 Å². The van der Waals surface area contributed by atoms with E-state index in [1.54, 1.807) is 12.1 Å². The number of carboxylic acids is 1. The topological polar surface area (TPSA) is 40.1 Å². The molecule has 0 N–H and O–H groups in total. The second-order valence-corrected chi connectivity index (χ2v) is 3.55. The van der Waals surface area contributed by atoms with Crippen molar-refractivity contribution in [1.82, 2.24) is 0 Å². The van der Waals surface area contributed by atoms with Crippen LogP contribution in [0, 0.1) is 0 Å². The van der Waals surface area contributed by atoms with Gasteiger partial charge in [-0.25, -0.2) is 0 Å². The van der Waals surface area contributed by atoms with Gasteiger partial charge in [0.15, 0.2) is 0 Å². The van der Waals surface area contributed by atoms with Crippen LogP contribution in [0.5, 0.6) is 0 Å². The summed E-state index contributed by atoms with van der Waals surface area (Å²) < 4.78 is 0.608. The Labute approximate surface area is 67.1 Å². The lowest BCUT2D eigenvalue weighted by Gasteiger charge is -1.95. The van der Waals surface area contributed by atoms with E-state index in [9.17, 15) is 9.90 Å². The van der Waals surface area contributed by atoms with Crippen molar-refractivity contribution in [3.8, 4) is 0 Å². The van der Waals surface area contributed by atoms with Crippen LogP contribution in [-0.4, -0.2) is 5.97 Å². The van der Waals surface area contributed by atoms with Crippen LogP contribution in [0.15, 0.2) is 12.1 Å². The molecule has 10 heavy (non-hydrogen) atoms. The molecule has 0 aliphatic carbocycles. The van der Waals surface area contributed by atoms with E-state index in [4.69, 9.17) is 11.6 Å². The Balaban J connectivity index is 2.67. The van der Waals surface area contributed by atoms with Crippen LogP contribution >= 0.6 is 22.9 Å². The fraction of sp³-hybridized carbons (Fsp3) is 0.167. The highest BCUT2D eigenvalue weighted by Crippen LogP contribution is 2.21. The number of carbonyl (C=O) groups is 1. The van der Waals surface area contributed by atoms with Crippen LogP contribution in [0.1, 0.15) is 4.88 Å². The standard InChI is InChI=1S/C6H5ClO2S/c7-5-2-1-4(10-5)3-6(8)9/h1-2H,3H2,(H,8,9)/p-1. The summed E-state index contributed by atoms with van der Waals surface area (Å²) in [6.45, 7) is 0. The Morgan fingerprint density at radius 1 is 1.70 bits per heavy atom. The first-order valence-electron chi connectivity index (χ1n) is 2.62. The maximum Gasteiger partial charge on any atom is 0.0931 e. The predicted molar refractivity (Wildman–Crippen MR) is 38.0 cm³/mol. The van der Waals surface area contributed by atoms with Crippen molar-refractivity contribution in [2.75, 3.05) is 0 Å². The van der Waals surface area contributed by atoms with Gasteiger partial charge >= 0.3 is 0 Å². The lowest BCUT2D eigenvalue weighted by molar-refractivity contribution is -0.304. The first kappa shape index (κ1) is 7.57. The van der Waals surface area contributed by atoms with E-state index in [0.29, 0.717) is 4.34 Å². The number of thiophene rings is 1. The number of halogens is 1. The summed E-state index contributed by atoms with van der Waals surface area (Å²) in [4.78, 5) is 10.8. The largest absolute Gasteiger partial charge is 0.550 e. The Kier molecular flexibility index (Phi) is 2.29. The summed E-state index contributed by atoms with van der Waals surface area (Å²) in [7, 11) is 0. The van der Waals surface area contributed by atoms with Crippen LogP contribution < -0.4 is 5.11 Å². The molecule has 4 heteroatoms. The molecule has 0 amide bonds. The second-order valence-electron chi connectivity index (χ2n) is 1.75. The molecule has 0 bridgehead atoms. The number of hydrogen-bond donors (Lipinski definition) is 0. The summed E-state index contributed by atoms with van der Waals surface area (Å²) in [5, 5.41) is 10.0. The molecule has 54 valence electrons. The Morgan fingerprint density at radius 3 is 2.80 bits per heavy atom. The van der Waals surface area contributed by atoms with Gasteiger partial charge in [0.25, 0.3) is 0 Å². The minimum absolute atomic E-state index is 0.0443. The van der Waals surface area contributed by atoms with E-state index in [1.807, 2.05) is 0 Å². The Bertz CT molecular complexity index is 244. The lowest BCUT2D eigenvalue weighted by atomic mass is 10.3. The van der Waals surface area contributed by atoms with Crippen molar-refractivity contribution in [2.24, 2.45) is 0 Å². The van der Waals surface area contributed by atoms with Gasteiger partial charge in [-0.1, -0.05) is 11.6 Å². The normalized spacial score (nSPS) is 9.70. The molecule has 2 nitrogen and oxygen atoms in total. The highest BCUT2D eigenvalue weighted by molar-refractivity contribution is 7.16. The van der Waals surface area contributed by atoms with Crippen molar-refractivity contribution >= 4 is 28.9 Å². The van der Waals surface area contributed by atoms with Crippen molar-refractivity contribution in [3.63, 3.8) is 0 Å². The zero-order chi connectivity index (χ0) is 7.56. The van der Waals surface area contributed by atoms with Crippen LogP contribution in [0.25, 0.3) is 0 Å². The van der Waals surface area contributed by atoms with Gasteiger partial charge in [-0.3, -0.25) is 0 Å². The van der Waals surface area contributed by atoms with Crippen molar-refractivity contribution < 1.29 is 9.90 Å². The van der Waals surface area contributed by atoms with Gasteiger partial charge in [-0.15, -0.1) is 11.3 Å². The number of hydrogen-bond acceptors (Lipinski definition) is 3.